The van der Waals surface area contributed by atoms with Gasteiger partial charge in [-0.05, 0) is 0 Å². The second-order valence-electron chi connectivity index (χ2n) is 1.00. The predicted molar refractivity (Wildman–Crippen MR) is 23.3 cm³/mol. The van der Waals surface area contributed by atoms with Crippen LogP contribution in [0, 0.1) is 0 Å². The summed E-state index contributed by atoms with van der Waals surface area (Å²) in [5, 5.41) is 0. The Kier molecular flexibility index (Phi) is 10.7. The zero-order valence-electron chi connectivity index (χ0n) is 5.40. The Morgan fingerprint density at radius 1 is 1.40 bits per heavy atom. The van der Waals surface area contributed by atoms with E-state index in [-0.39, 0.29) is 39.0 Å². The van der Waals surface area contributed by atoms with Crippen LogP contribution in [0.2, 0.25) is 0 Å². The molecule has 0 amide bonds. The molecule has 0 fully saturated rings. The first-order chi connectivity index (χ1) is 3.42. The molecule has 0 atom stereocenters. The molecule has 52 valence electrons. The maximum atomic E-state index is 9.70. The van der Waals surface area contributed by atoms with Gasteiger partial charge in [-0.2, -0.15) is 8.42 Å². The summed E-state index contributed by atoms with van der Waals surface area (Å²) in [6.07, 6.45) is 0. The minimum atomic E-state index is -4.57. The minimum absolute atomic E-state index is 0. The molecule has 1 N–H and O–H groups in total. The third-order valence-electron chi connectivity index (χ3n) is 0.223. The zero-order valence-corrected chi connectivity index (χ0v) is 12.2. The van der Waals surface area contributed by atoms with E-state index in [4.69, 9.17) is 4.55 Å². The summed E-state index contributed by atoms with van der Waals surface area (Å²) in [5.74, 6) is -1.06. The number of carbonyl (C=O) groups is 1. The van der Waals surface area contributed by atoms with Crippen molar-refractivity contribution in [3.05, 3.63) is 0 Å². The van der Waals surface area contributed by atoms with E-state index in [1.807, 2.05) is 0 Å². The van der Waals surface area contributed by atoms with E-state index in [0.29, 0.717) is 0 Å². The molecule has 8 heteroatoms. The van der Waals surface area contributed by atoms with Gasteiger partial charge in [-0.3, -0.25) is 9.35 Å². The maximum Gasteiger partial charge on any atom is 0.448 e. The smallest absolute Gasteiger partial charge is 0.325 e. The van der Waals surface area contributed by atoms with E-state index < -0.39 is 16.4 Å². The molecular formula is C2H4O5SZn2. The van der Waals surface area contributed by atoms with Gasteiger partial charge in [-0.1, -0.05) is 0 Å². The molecule has 0 saturated carbocycles. The Balaban J connectivity index is -0.000000245. The number of rotatable bonds is 1. The van der Waals surface area contributed by atoms with Crippen LogP contribution in [0.25, 0.3) is 0 Å². The number of carbonyl (C=O) groups excluding carboxylic acids is 1. The SMILES string of the molecule is CC(=O)OS(=O)(=O)O.[Zn].[Zn]. The van der Waals surface area contributed by atoms with E-state index in [9.17, 15) is 13.2 Å². The molecule has 0 radical (unpaired) electrons. The van der Waals surface area contributed by atoms with Crippen LogP contribution < -0.4 is 0 Å². The van der Waals surface area contributed by atoms with Crippen LogP contribution in [0.5, 0.6) is 0 Å². The summed E-state index contributed by atoms with van der Waals surface area (Å²) in [6, 6.07) is 0. The van der Waals surface area contributed by atoms with Crippen LogP contribution in [0.4, 0.5) is 0 Å². The molecule has 0 aliphatic carbocycles. The zero-order chi connectivity index (χ0) is 6.78. The Hall–Kier alpha value is 0.627. The summed E-state index contributed by atoms with van der Waals surface area (Å²) in [4.78, 5) is 9.70. The molecule has 5 nitrogen and oxygen atoms in total. The van der Waals surface area contributed by atoms with Gasteiger partial charge >= 0.3 is 16.4 Å². The quantitative estimate of drug-likeness (QED) is 0.506. The van der Waals surface area contributed by atoms with Crippen molar-refractivity contribution in [2.45, 2.75) is 6.92 Å². The van der Waals surface area contributed by atoms with Crippen molar-refractivity contribution in [1.29, 1.82) is 0 Å². The van der Waals surface area contributed by atoms with Crippen LogP contribution >= 0.6 is 0 Å². The monoisotopic (exact) mass is 268 g/mol. The normalized spacial score (nSPS) is 8.60. The van der Waals surface area contributed by atoms with Crippen molar-refractivity contribution in [1.82, 2.24) is 0 Å². The fourth-order valence-electron chi connectivity index (χ4n) is 0.148. The van der Waals surface area contributed by atoms with Gasteiger partial charge < -0.3 is 4.18 Å². The molecule has 0 aromatic heterocycles. The van der Waals surface area contributed by atoms with Crippen LogP contribution in [0.1, 0.15) is 6.92 Å². The van der Waals surface area contributed by atoms with Crippen LogP contribution in [-0.4, -0.2) is 18.9 Å². The van der Waals surface area contributed by atoms with Gasteiger partial charge in [0.1, 0.15) is 0 Å². The van der Waals surface area contributed by atoms with Gasteiger partial charge in [-0.25, -0.2) is 0 Å². The van der Waals surface area contributed by atoms with Crippen molar-refractivity contribution in [2.75, 3.05) is 0 Å². The summed E-state index contributed by atoms with van der Waals surface area (Å²) in [6.45, 7) is 0.869. The van der Waals surface area contributed by atoms with Gasteiger partial charge in [0.15, 0.2) is 0 Å². The van der Waals surface area contributed by atoms with Gasteiger partial charge in [0.2, 0.25) is 0 Å². The average molecular weight is 271 g/mol. The van der Waals surface area contributed by atoms with Gasteiger partial charge in [0.25, 0.3) is 0 Å². The van der Waals surface area contributed by atoms with Crippen LogP contribution in [0.3, 0.4) is 0 Å². The molecule has 0 aromatic rings. The second-order valence-corrected chi connectivity index (χ2v) is 2.02. The van der Waals surface area contributed by atoms with Crippen LogP contribution in [-0.2, 0) is 58.3 Å². The molecule has 0 saturated heterocycles. The van der Waals surface area contributed by atoms with E-state index in [0.717, 1.165) is 6.92 Å². The van der Waals surface area contributed by atoms with Crippen LogP contribution in [0.15, 0.2) is 0 Å². The van der Waals surface area contributed by atoms with Crippen molar-refractivity contribution in [3.63, 3.8) is 0 Å². The van der Waals surface area contributed by atoms with E-state index in [2.05, 4.69) is 4.18 Å². The van der Waals surface area contributed by atoms with Gasteiger partial charge in [0.05, 0.1) is 0 Å². The topological polar surface area (TPSA) is 80.7 Å². The molecule has 0 aliphatic rings. The third-order valence-corrected chi connectivity index (χ3v) is 0.668. The average Bonchev–Trinajstić information content (AvgIpc) is 1.21. The Bertz CT molecular complexity index is 184. The molecule has 0 heterocycles. The second kappa shape index (κ2) is 6.34. The van der Waals surface area contributed by atoms with Gasteiger partial charge in [-0.15, -0.1) is 0 Å². The molecule has 0 spiro atoms. The Morgan fingerprint density at radius 2 is 1.70 bits per heavy atom. The fraction of sp³-hybridized carbons (Fsp3) is 0.500. The first-order valence-electron chi connectivity index (χ1n) is 1.59. The maximum absolute atomic E-state index is 9.70. The van der Waals surface area contributed by atoms with Gasteiger partial charge in [0, 0.05) is 45.9 Å². The molecule has 0 aliphatic heterocycles. The molecule has 10 heavy (non-hydrogen) atoms. The first-order valence-corrected chi connectivity index (χ1v) is 2.96. The minimum Gasteiger partial charge on any atom is -0.325 e. The first kappa shape index (κ1) is 16.9. The fourth-order valence-corrected chi connectivity index (χ4v) is 0.445. The van der Waals surface area contributed by atoms with E-state index in [1.165, 1.54) is 0 Å². The van der Waals surface area contributed by atoms with E-state index >= 15 is 0 Å². The number of hydrogen-bond donors (Lipinski definition) is 1. The van der Waals surface area contributed by atoms with Crippen molar-refractivity contribution in [2.24, 2.45) is 0 Å². The standard InChI is InChI=1S/C2H4O5S.2Zn/c1-2(3)7-8(4,5)6;;/h1H3,(H,4,5,6);;. The third kappa shape index (κ3) is 15.8. The van der Waals surface area contributed by atoms with Crippen molar-refractivity contribution >= 4 is 16.4 Å². The summed E-state index contributed by atoms with van der Waals surface area (Å²) in [7, 11) is -4.57. The number of hydrogen-bond acceptors (Lipinski definition) is 4. The molecule has 0 bridgehead atoms. The van der Waals surface area contributed by atoms with Crippen molar-refractivity contribution < 1.29 is 60.9 Å². The summed E-state index contributed by atoms with van der Waals surface area (Å²) >= 11 is 0. The Morgan fingerprint density at radius 3 is 1.70 bits per heavy atom. The van der Waals surface area contributed by atoms with Crippen molar-refractivity contribution in [3.8, 4) is 0 Å². The summed E-state index contributed by atoms with van der Waals surface area (Å²) in [5.41, 5.74) is 0. The molecule has 0 rings (SSSR count). The molecule has 0 unspecified atom stereocenters. The summed E-state index contributed by atoms with van der Waals surface area (Å²) < 4.78 is 30.2. The predicted octanol–water partition coefficient (Wildman–Crippen LogP) is -0.653. The molecule has 0 aromatic carbocycles. The Labute approximate surface area is 84.0 Å². The molecular weight excluding hydrogens is 267 g/mol. The largest absolute Gasteiger partial charge is 0.448 e. The van der Waals surface area contributed by atoms with E-state index in [1.54, 1.807) is 0 Å².